The Bertz CT molecular complexity index is 570. The van der Waals surface area contributed by atoms with Gasteiger partial charge in [0.05, 0.1) is 5.56 Å². The van der Waals surface area contributed by atoms with Crippen molar-refractivity contribution in [2.24, 2.45) is 10.9 Å². The first-order valence-electron chi connectivity index (χ1n) is 5.10. The summed E-state index contributed by atoms with van der Waals surface area (Å²) in [7, 11) is 0. The third-order valence-electron chi connectivity index (χ3n) is 2.10. The van der Waals surface area contributed by atoms with Gasteiger partial charge in [0.1, 0.15) is 5.03 Å². The lowest BCUT2D eigenvalue weighted by Gasteiger charge is -2.05. The van der Waals surface area contributed by atoms with E-state index in [4.69, 9.17) is 10.9 Å². The van der Waals surface area contributed by atoms with E-state index in [-0.39, 0.29) is 5.84 Å². The Balaban J connectivity index is 2.32. The third kappa shape index (κ3) is 2.75. The molecule has 2 heterocycles. The van der Waals surface area contributed by atoms with Crippen LogP contribution in [0.5, 0.6) is 0 Å². The Morgan fingerprint density at radius 3 is 2.72 bits per heavy atom. The van der Waals surface area contributed by atoms with E-state index in [1.165, 1.54) is 11.8 Å². The number of nitrogens with zero attached hydrogens (tertiary/aromatic N) is 4. The average molecular weight is 261 g/mol. The van der Waals surface area contributed by atoms with Crippen LogP contribution in [0.3, 0.4) is 0 Å². The molecule has 0 aliphatic rings. The first-order chi connectivity index (χ1) is 8.70. The molecule has 0 spiro atoms. The molecule has 0 saturated heterocycles. The predicted molar refractivity (Wildman–Crippen MR) is 67.6 cm³/mol. The number of aromatic nitrogens is 3. The second-order valence-corrected chi connectivity index (χ2v) is 4.44. The highest BCUT2D eigenvalue weighted by Crippen LogP contribution is 2.25. The van der Waals surface area contributed by atoms with Crippen molar-refractivity contribution in [2.45, 2.75) is 17.1 Å². The summed E-state index contributed by atoms with van der Waals surface area (Å²) in [5.74, 6) is 0.0118. The number of hydrogen-bond acceptors (Lipinski definition) is 6. The van der Waals surface area contributed by atoms with E-state index in [1.54, 1.807) is 30.7 Å². The molecule has 0 atom stereocenters. The van der Waals surface area contributed by atoms with E-state index in [9.17, 15) is 0 Å². The van der Waals surface area contributed by atoms with Crippen LogP contribution in [0.25, 0.3) is 0 Å². The summed E-state index contributed by atoms with van der Waals surface area (Å²) < 4.78 is 0. The average Bonchev–Trinajstić information content (AvgIpc) is 2.41. The maximum atomic E-state index is 8.71. The lowest BCUT2D eigenvalue weighted by atomic mass is 10.3. The number of hydrogen-bond donors (Lipinski definition) is 2. The van der Waals surface area contributed by atoms with Crippen LogP contribution in [0.1, 0.15) is 11.1 Å². The largest absolute Gasteiger partial charge is 0.409 e. The topological polar surface area (TPSA) is 97.3 Å². The molecule has 0 aliphatic carbocycles. The number of amidine groups is 1. The van der Waals surface area contributed by atoms with Crippen LogP contribution in [-0.2, 0) is 0 Å². The SMILES string of the molecule is Cc1cnc(Sc2ncccc2/C(N)=N/O)nc1. The lowest BCUT2D eigenvalue weighted by molar-refractivity contribution is 0.318. The molecule has 3 N–H and O–H groups in total. The van der Waals surface area contributed by atoms with Crippen LogP contribution in [0.4, 0.5) is 0 Å². The summed E-state index contributed by atoms with van der Waals surface area (Å²) in [4.78, 5) is 12.5. The van der Waals surface area contributed by atoms with E-state index in [1.807, 2.05) is 6.92 Å². The molecule has 0 aromatic carbocycles. The fraction of sp³-hybridized carbons (Fsp3) is 0.0909. The molecule has 0 saturated carbocycles. The van der Waals surface area contributed by atoms with Crippen LogP contribution in [0, 0.1) is 6.92 Å². The highest BCUT2D eigenvalue weighted by molar-refractivity contribution is 7.99. The summed E-state index contributed by atoms with van der Waals surface area (Å²) in [5.41, 5.74) is 7.11. The van der Waals surface area contributed by atoms with Gasteiger partial charge >= 0.3 is 0 Å². The minimum atomic E-state index is 0.0118. The van der Waals surface area contributed by atoms with Gasteiger partial charge in [-0.3, -0.25) is 0 Å². The minimum absolute atomic E-state index is 0.0118. The van der Waals surface area contributed by atoms with E-state index >= 15 is 0 Å². The van der Waals surface area contributed by atoms with Gasteiger partial charge in [-0.25, -0.2) is 15.0 Å². The number of nitrogens with two attached hydrogens (primary N) is 1. The molecule has 92 valence electrons. The second-order valence-electron chi connectivity index (χ2n) is 3.49. The number of aryl methyl sites for hydroxylation is 1. The number of pyridine rings is 1. The summed E-state index contributed by atoms with van der Waals surface area (Å²) in [6, 6.07) is 3.44. The fourth-order valence-electron chi connectivity index (χ4n) is 1.24. The molecule has 7 heteroatoms. The third-order valence-corrected chi connectivity index (χ3v) is 3.01. The van der Waals surface area contributed by atoms with Gasteiger partial charge in [0.15, 0.2) is 11.0 Å². The maximum Gasteiger partial charge on any atom is 0.193 e. The van der Waals surface area contributed by atoms with Gasteiger partial charge in [-0.1, -0.05) is 5.16 Å². The number of oxime groups is 1. The van der Waals surface area contributed by atoms with Crippen molar-refractivity contribution in [1.82, 2.24) is 15.0 Å². The first kappa shape index (κ1) is 12.3. The van der Waals surface area contributed by atoms with Gasteiger partial charge in [-0.2, -0.15) is 0 Å². The molecular weight excluding hydrogens is 250 g/mol. The highest BCUT2D eigenvalue weighted by Gasteiger charge is 2.10. The Kier molecular flexibility index (Phi) is 3.73. The second kappa shape index (κ2) is 5.46. The van der Waals surface area contributed by atoms with Gasteiger partial charge in [0, 0.05) is 18.6 Å². The highest BCUT2D eigenvalue weighted by atomic mass is 32.2. The predicted octanol–water partition coefficient (Wildman–Crippen LogP) is 1.43. The summed E-state index contributed by atoms with van der Waals surface area (Å²) in [6.45, 7) is 1.91. The molecule has 0 unspecified atom stereocenters. The van der Waals surface area contributed by atoms with Crippen LogP contribution in [0.15, 0.2) is 46.1 Å². The number of rotatable bonds is 3. The monoisotopic (exact) mass is 261 g/mol. The smallest absolute Gasteiger partial charge is 0.193 e. The van der Waals surface area contributed by atoms with Crippen LogP contribution in [0.2, 0.25) is 0 Å². The van der Waals surface area contributed by atoms with Crippen LogP contribution >= 0.6 is 11.8 Å². The Hall–Kier alpha value is -2.15. The van der Waals surface area contributed by atoms with Crippen molar-refractivity contribution in [3.8, 4) is 0 Å². The molecule has 0 bridgehead atoms. The molecule has 18 heavy (non-hydrogen) atoms. The molecule has 0 fully saturated rings. The van der Waals surface area contributed by atoms with Crippen molar-refractivity contribution >= 4 is 17.6 Å². The summed E-state index contributed by atoms with van der Waals surface area (Å²) in [6.07, 6.45) is 5.08. The Morgan fingerprint density at radius 2 is 2.06 bits per heavy atom. The zero-order valence-electron chi connectivity index (χ0n) is 9.61. The molecule has 0 amide bonds. The lowest BCUT2D eigenvalue weighted by Crippen LogP contribution is -2.14. The van der Waals surface area contributed by atoms with E-state index in [2.05, 4.69) is 20.1 Å². The molecular formula is C11H11N5OS. The fourth-order valence-corrected chi connectivity index (χ4v) is 2.02. The van der Waals surface area contributed by atoms with Crippen molar-refractivity contribution in [1.29, 1.82) is 0 Å². The van der Waals surface area contributed by atoms with Gasteiger partial charge < -0.3 is 10.9 Å². The van der Waals surface area contributed by atoms with Crippen molar-refractivity contribution < 1.29 is 5.21 Å². The van der Waals surface area contributed by atoms with Crippen molar-refractivity contribution in [2.75, 3.05) is 0 Å². The zero-order valence-corrected chi connectivity index (χ0v) is 10.4. The molecule has 2 aromatic heterocycles. The van der Waals surface area contributed by atoms with E-state index < -0.39 is 0 Å². The zero-order chi connectivity index (χ0) is 13.0. The van der Waals surface area contributed by atoms with Crippen molar-refractivity contribution in [3.63, 3.8) is 0 Å². The maximum absolute atomic E-state index is 8.71. The van der Waals surface area contributed by atoms with Crippen molar-refractivity contribution in [3.05, 3.63) is 41.9 Å². The normalized spacial score (nSPS) is 11.5. The van der Waals surface area contributed by atoms with Gasteiger partial charge in [0.25, 0.3) is 0 Å². The molecule has 0 aliphatic heterocycles. The molecule has 2 aromatic rings. The van der Waals surface area contributed by atoms with Crippen LogP contribution in [-0.4, -0.2) is 26.0 Å². The van der Waals surface area contributed by atoms with E-state index in [0.29, 0.717) is 15.7 Å². The Labute approximate surface area is 108 Å². The molecule has 0 radical (unpaired) electrons. The molecule has 2 rings (SSSR count). The molecule has 6 nitrogen and oxygen atoms in total. The summed E-state index contributed by atoms with van der Waals surface area (Å²) >= 11 is 1.26. The quantitative estimate of drug-likeness (QED) is 0.285. The van der Waals surface area contributed by atoms with Gasteiger partial charge in [-0.05, 0) is 36.4 Å². The van der Waals surface area contributed by atoms with Gasteiger partial charge in [-0.15, -0.1) is 0 Å². The standard InChI is InChI=1S/C11H11N5OS/c1-7-5-14-11(15-6-7)18-10-8(9(12)16-17)3-2-4-13-10/h2-6,17H,1H3,(H2,12,16). The summed E-state index contributed by atoms with van der Waals surface area (Å²) in [5, 5.41) is 12.8. The first-order valence-corrected chi connectivity index (χ1v) is 5.92. The minimum Gasteiger partial charge on any atom is -0.409 e. The van der Waals surface area contributed by atoms with Crippen LogP contribution < -0.4 is 5.73 Å². The van der Waals surface area contributed by atoms with Gasteiger partial charge in [0.2, 0.25) is 0 Å². The van der Waals surface area contributed by atoms with E-state index in [0.717, 1.165) is 5.56 Å². The Morgan fingerprint density at radius 1 is 1.33 bits per heavy atom.